The van der Waals surface area contributed by atoms with Gasteiger partial charge in [-0.1, -0.05) is 0 Å². The van der Waals surface area contributed by atoms with Crippen LogP contribution in [0.4, 0.5) is 8.78 Å². The van der Waals surface area contributed by atoms with E-state index in [4.69, 9.17) is 5.26 Å². The maximum atomic E-state index is 13.4. The molecule has 1 rings (SSSR count). The predicted molar refractivity (Wildman–Crippen MR) is 47.5 cm³/mol. The molecular formula is C10H7F2NO2. The van der Waals surface area contributed by atoms with Gasteiger partial charge in [0, 0.05) is 0 Å². The van der Waals surface area contributed by atoms with Crippen LogP contribution in [0.15, 0.2) is 12.1 Å². The molecule has 1 aromatic carbocycles. The molecule has 0 saturated heterocycles. The number of ether oxygens (including phenoxy) is 1. The summed E-state index contributed by atoms with van der Waals surface area (Å²) >= 11 is 0. The molecular weight excluding hydrogens is 204 g/mol. The Kier molecular flexibility index (Phi) is 3.34. The number of carbonyl (C=O) groups is 1. The second-order valence-corrected chi connectivity index (χ2v) is 2.70. The lowest BCUT2D eigenvalue weighted by atomic mass is 10.1. The third-order valence-electron chi connectivity index (χ3n) is 1.79. The maximum Gasteiger partial charge on any atom is 0.191 e. The van der Waals surface area contributed by atoms with Crippen molar-refractivity contribution in [2.45, 2.75) is 6.42 Å². The van der Waals surface area contributed by atoms with Gasteiger partial charge in [-0.3, -0.25) is 4.79 Å². The van der Waals surface area contributed by atoms with Crippen molar-refractivity contribution in [2.24, 2.45) is 0 Å². The van der Waals surface area contributed by atoms with Crippen LogP contribution in [0.5, 0.6) is 5.75 Å². The van der Waals surface area contributed by atoms with Crippen LogP contribution >= 0.6 is 0 Å². The van der Waals surface area contributed by atoms with Crippen molar-refractivity contribution in [3.8, 4) is 11.8 Å². The Labute approximate surface area is 84.9 Å². The number of nitrogens with zero attached hydrogens (tertiary/aromatic N) is 1. The van der Waals surface area contributed by atoms with Gasteiger partial charge in [0.15, 0.2) is 23.2 Å². The van der Waals surface area contributed by atoms with Crippen molar-refractivity contribution in [3.63, 3.8) is 0 Å². The average Bonchev–Trinajstić information content (AvgIpc) is 2.18. The minimum Gasteiger partial charge on any atom is -0.491 e. The van der Waals surface area contributed by atoms with Gasteiger partial charge < -0.3 is 4.74 Å². The number of Topliss-reactive ketones (excluding diaryl/α,β-unsaturated/α-hetero) is 1. The highest BCUT2D eigenvalue weighted by Gasteiger charge is 2.18. The van der Waals surface area contributed by atoms with Crippen LogP contribution in [0.1, 0.15) is 16.8 Å². The number of rotatable bonds is 3. The van der Waals surface area contributed by atoms with E-state index in [1.165, 1.54) is 0 Å². The summed E-state index contributed by atoms with van der Waals surface area (Å²) in [7, 11) is 1.10. The fourth-order valence-corrected chi connectivity index (χ4v) is 1.10. The third-order valence-corrected chi connectivity index (χ3v) is 1.79. The van der Waals surface area contributed by atoms with Crippen LogP contribution < -0.4 is 4.74 Å². The molecule has 0 radical (unpaired) electrons. The van der Waals surface area contributed by atoms with E-state index in [1.54, 1.807) is 6.07 Å². The molecule has 0 unspecified atom stereocenters. The molecule has 0 aliphatic rings. The smallest absolute Gasteiger partial charge is 0.191 e. The molecule has 0 bridgehead atoms. The van der Waals surface area contributed by atoms with Crippen molar-refractivity contribution < 1.29 is 18.3 Å². The number of halogens is 2. The molecule has 0 spiro atoms. The average molecular weight is 211 g/mol. The lowest BCUT2D eigenvalue weighted by Gasteiger charge is -2.06. The van der Waals surface area contributed by atoms with Crippen LogP contribution in [0.2, 0.25) is 0 Å². The first kappa shape index (κ1) is 11.1. The summed E-state index contributed by atoms with van der Waals surface area (Å²) < 4.78 is 30.8. The molecule has 0 heterocycles. The molecule has 0 amide bonds. The standard InChI is InChI=1S/C10H7F2NO2/c1-15-10-7(11)3-2-6(9(10)12)8(14)4-5-13/h2-3H,4H2,1H3. The lowest BCUT2D eigenvalue weighted by Crippen LogP contribution is -2.04. The molecule has 3 nitrogen and oxygen atoms in total. The molecule has 1 aromatic rings. The number of carbonyl (C=O) groups excluding carboxylic acids is 1. The minimum absolute atomic E-state index is 0.338. The zero-order valence-corrected chi connectivity index (χ0v) is 7.88. The lowest BCUT2D eigenvalue weighted by molar-refractivity contribution is 0.0993. The maximum absolute atomic E-state index is 13.4. The van der Waals surface area contributed by atoms with Crippen molar-refractivity contribution in [1.29, 1.82) is 5.26 Å². The van der Waals surface area contributed by atoms with Crippen molar-refractivity contribution in [1.82, 2.24) is 0 Å². The number of ketones is 1. The van der Waals surface area contributed by atoms with Gasteiger partial charge >= 0.3 is 0 Å². The first-order valence-electron chi connectivity index (χ1n) is 4.04. The Bertz CT molecular complexity index is 438. The molecule has 78 valence electrons. The SMILES string of the molecule is COc1c(F)ccc(C(=O)CC#N)c1F. The summed E-state index contributed by atoms with van der Waals surface area (Å²) in [5.41, 5.74) is -0.338. The monoisotopic (exact) mass is 211 g/mol. The molecule has 0 saturated carbocycles. The van der Waals surface area contributed by atoms with E-state index in [2.05, 4.69) is 4.74 Å². The Hall–Kier alpha value is -1.96. The van der Waals surface area contributed by atoms with Gasteiger partial charge in [0.2, 0.25) is 0 Å². The first-order chi connectivity index (χ1) is 7.11. The molecule has 0 aliphatic carbocycles. The quantitative estimate of drug-likeness (QED) is 0.719. The number of benzene rings is 1. The van der Waals surface area contributed by atoms with Gasteiger partial charge in [-0.15, -0.1) is 0 Å². The molecule has 5 heteroatoms. The summed E-state index contributed by atoms with van der Waals surface area (Å²) in [5, 5.41) is 8.27. The van der Waals surface area contributed by atoms with Crippen molar-refractivity contribution in [2.75, 3.05) is 7.11 Å². The zero-order valence-electron chi connectivity index (χ0n) is 7.88. The summed E-state index contributed by atoms with van der Waals surface area (Å²) in [5.74, 6) is -3.27. The second-order valence-electron chi connectivity index (χ2n) is 2.70. The number of nitriles is 1. The van der Waals surface area contributed by atoms with E-state index in [-0.39, 0.29) is 5.56 Å². The Morgan fingerprint density at radius 2 is 2.20 bits per heavy atom. The van der Waals surface area contributed by atoms with Crippen LogP contribution in [0.3, 0.4) is 0 Å². The molecule has 15 heavy (non-hydrogen) atoms. The summed E-state index contributed by atoms with van der Waals surface area (Å²) in [6, 6.07) is 3.51. The van der Waals surface area contributed by atoms with Gasteiger partial charge in [-0.2, -0.15) is 5.26 Å². The largest absolute Gasteiger partial charge is 0.491 e. The zero-order chi connectivity index (χ0) is 11.4. The fourth-order valence-electron chi connectivity index (χ4n) is 1.10. The normalized spacial score (nSPS) is 9.47. The van der Waals surface area contributed by atoms with Gasteiger partial charge in [-0.05, 0) is 12.1 Å². The van der Waals surface area contributed by atoms with Crippen LogP contribution in [-0.2, 0) is 0 Å². The summed E-state index contributed by atoms with van der Waals surface area (Å²) in [6.45, 7) is 0. The van der Waals surface area contributed by atoms with E-state index >= 15 is 0 Å². The van der Waals surface area contributed by atoms with E-state index in [0.717, 1.165) is 19.2 Å². The van der Waals surface area contributed by atoms with Crippen molar-refractivity contribution >= 4 is 5.78 Å². The van der Waals surface area contributed by atoms with E-state index < -0.39 is 29.6 Å². The molecule has 0 fully saturated rings. The van der Waals surface area contributed by atoms with Crippen molar-refractivity contribution in [3.05, 3.63) is 29.3 Å². The van der Waals surface area contributed by atoms with Gasteiger partial charge in [0.05, 0.1) is 25.2 Å². The molecule has 0 aliphatic heterocycles. The Balaban J connectivity index is 3.22. The van der Waals surface area contributed by atoms with Gasteiger partial charge in [-0.25, -0.2) is 8.78 Å². The molecule has 0 atom stereocenters. The topological polar surface area (TPSA) is 50.1 Å². The summed E-state index contributed by atoms with van der Waals surface area (Å²) in [6.07, 6.45) is -0.453. The van der Waals surface area contributed by atoms with E-state index in [0.29, 0.717) is 0 Å². The predicted octanol–water partition coefficient (Wildman–Crippen LogP) is 2.07. The highest BCUT2D eigenvalue weighted by molar-refractivity contribution is 5.98. The highest BCUT2D eigenvalue weighted by Crippen LogP contribution is 2.24. The van der Waals surface area contributed by atoms with E-state index in [1.807, 2.05) is 0 Å². The molecule has 0 aromatic heterocycles. The Morgan fingerprint density at radius 3 is 2.73 bits per heavy atom. The molecule has 0 N–H and O–H groups in total. The third kappa shape index (κ3) is 2.10. The van der Waals surface area contributed by atoms with Crippen LogP contribution in [0.25, 0.3) is 0 Å². The Morgan fingerprint density at radius 1 is 1.53 bits per heavy atom. The van der Waals surface area contributed by atoms with Crippen LogP contribution in [-0.4, -0.2) is 12.9 Å². The minimum atomic E-state index is -1.07. The number of methoxy groups -OCH3 is 1. The first-order valence-corrected chi connectivity index (χ1v) is 4.04. The fraction of sp³-hybridized carbons (Fsp3) is 0.200. The summed E-state index contributed by atoms with van der Waals surface area (Å²) in [4.78, 5) is 11.2. The number of hydrogen-bond donors (Lipinski definition) is 0. The van der Waals surface area contributed by atoms with Gasteiger partial charge in [0.1, 0.15) is 0 Å². The highest BCUT2D eigenvalue weighted by atomic mass is 19.1. The van der Waals surface area contributed by atoms with Crippen LogP contribution in [0, 0.1) is 23.0 Å². The second kappa shape index (κ2) is 4.51. The number of hydrogen-bond acceptors (Lipinski definition) is 3. The van der Waals surface area contributed by atoms with Gasteiger partial charge in [0.25, 0.3) is 0 Å². The van der Waals surface area contributed by atoms with E-state index in [9.17, 15) is 13.6 Å².